The Morgan fingerprint density at radius 1 is 1.08 bits per heavy atom. The first-order valence-electron chi connectivity index (χ1n) is 12.1. The maximum atomic E-state index is 14.0. The molecule has 0 aliphatic carbocycles. The molecule has 4 rings (SSSR count). The molecule has 0 bridgehead atoms. The second-order valence-corrected chi connectivity index (χ2v) is 11.2. The van der Waals surface area contributed by atoms with Crippen molar-refractivity contribution in [3.63, 3.8) is 0 Å². The number of fused-ring (bicyclic) bond motifs is 1. The highest BCUT2D eigenvalue weighted by Gasteiger charge is 2.32. The van der Waals surface area contributed by atoms with Gasteiger partial charge < -0.3 is 24.3 Å². The minimum atomic E-state index is -3.39. The van der Waals surface area contributed by atoms with E-state index in [1.54, 1.807) is 30.2 Å². The van der Waals surface area contributed by atoms with Gasteiger partial charge in [-0.2, -0.15) is 0 Å². The van der Waals surface area contributed by atoms with Crippen LogP contribution in [-0.2, 0) is 27.2 Å². The van der Waals surface area contributed by atoms with Crippen LogP contribution in [0.4, 0.5) is 5.82 Å². The van der Waals surface area contributed by atoms with Gasteiger partial charge in [-0.1, -0.05) is 42.5 Å². The second-order valence-electron chi connectivity index (χ2n) is 8.84. The van der Waals surface area contributed by atoms with Crippen molar-refractivity contribution in [2.45, 2.75) is 33.1 Å². The predicted octanol–water partition coefficient (Wildman–Crippen LogP) is 4.50. The van der Waals surface area contributed by atoms with E-state index in [4.69, 9.17) is 19.7 Å². The highest BCUT2D eigenvalue weighted by atomic mass is 31.2. The summed E-state index contributed by atoms with van der Waals surface area (Å²) in [6, 6.07) is 17.2. The Morgan fingerprint density at radius 3 is 2.62 bits per heavy atom. The number of aromatic nitrogens is 4. The van der Waals surface area contributed by atoms with E-state index in [2.05, 4.69) is 27.9 Å². The zero-order valence-corrected chi connectivity index (χ0v) is 22.3. The summed E-state index contributed by atoms with van der Waals surface area (Å²) in [6.45, 7) is 5.70. The molecule has 196 valence electrons. The topological polar surface area (TPSA) is 118 Å². The van der Waals surface area contributed by atoms with E-state index in [0.29, 0.717) is 49.0 Å². The molecule has 2 N–H and O–H groups in total. The van der Waals surface area contributed by atoms with E-state index >= 15 is 0 Å². The Labute approximate surface area is 216 Å². The van der Waals surface area contributed by atoms with Gasteiger partial charge in [0.05, 0.1) is 32.2 Å². The third-order valence-electron chi connectivity index (χ3n) is 6.00. The van der Waals surface area contributed by atoms with Gasteiger partial charge in [-0.15, -0.1) is 0 Å². The third kappa shape index (κ3) is 6.93. The molecular weight excluding hydrogens is 491 g/mol. The van der Waals surface area contributed by atoms with Gasteiger partial charge in [0.1, 0.15) is 23.9 Å². The van der Waals surface area contributed by atoms with Crippen molar-refractivity contribution in [3.05, 3.63) is 78.4 Å². The summed E-state index contributed by atoms with van der Waals surface area (Å²) in [5.74, 6) is 0.840. The summed E-state index contributed by atoms with van der Waals surface area (Å²) >= 11 is 0. The van der Waals surface area contributed by atoms with Crippen molar-refractivity contribution >= 4 is 24.5 Å². The van der Waals surface area contributed by atoms with Gasteiger partial charge in [-0.25, -0.2) is 19.6 Å². The number of likely N-dealkylation sites (N-methyl/N-ethyl adjacent to an activating group) is 1. The molecular formula is C26H33N6O4P. The predicted molar refractivity (Wildman–Crippen MR) is 143 cm³/mol. The standard InChI is InChI=1S/C26H33N6O4P/c1-20-9-7-8-10-22(20)16-34-14-13-31(3)37(33,36-23-11-5-4-6-12-23)19-35-21(2)15-32-18-30-24-25(27)28-17-29-26(24)32/h4-12,17-18,21H,13-16,19H2,1-3H3,(H2,27,28,29)/t21-,37?/m1/s1. The van der Waals surface area contributed by atoms with Gasteiger partial charge in [-0.3, -0.25) is 4.57 Å². The first-order chi connectivity index (χ1) is 17.9. The van der Waals surface area contributed by atoms with Gasteiger partial charge in [0.2, 0.25) is 0 Å². The van der Waals surface area contributed by atoms with Crippen LogP contribution >= 0.6 is 7.52 Å². The summed E-state index contributed by atoms with van der Waals surface area (Å²) < 4.78 is 35.5. The average Bonchev–Trinajstić information content (AvgIpc) is 3.30. The number of rotatable bonds is 13. The molecule has 37 heavy (non-hydrogen) atoms. The van der Waals surface area contributed by atoms with Crippen molar-refractivity contribution in [3.8, 4) is 5.75 Å². The number of para-hydroxylation sites is 1. The third-order valence-corrected chi connectivity index (χ3v) is 8.21. The SMILES string of the molecule is Cc1ccccc1COCCN(C)P(=O)(CO[C@H](C)Cn1cnc2c(N)ncnc21)Oc1ccccc1. The zero-order valence-electron chi connectivity index (χ0n) is 21.4. The van der Waals surface area contributed by atoms with E-state index in [1.165, 1.54) is 11.9 Å². The molecule has 2 atom stereocenters. The summed E-state index contributed by atoms with van der Waals surface area (Å²) in [4.78, 5) is 12.5. The number of benzene rings is 2. The molecule has 0 spiro atoms. The van der Waals surface area contributed by atoms with Crippen molar-refractivity contribution in [2.75, 3.05) is 32.3 Å². The molecule has 0 fully saturated rings. The highest BCUT2D eigenvalue weighted by molar-refractivity contribution is 7.56. The molecule has 10 nitrogen and oxygen atoms in total. The lowest BCUT2D eigenvalue weighted by Gasteiger charge is -2.29. The number of imidazole rings is 1. The van der Waals surface area contributed by atoms with Crippen LogP contribution in [0.2, 0.25) is 0 Å². The van der Waals surface area contributed by atoms with E-state index in [-0.39, 0.29) is 12.5 Å². The first-order valence-corrected chi connectivity index (χ1v) is 13.8. The van der Waals surface area contributed by atoms with Gasteiger partial charge >= 0.3 is 7.52 Å². The van der Waals surface area contributed by atoms with Crippen molar-refractivity contribution in [1.82, 2.24) is 24.2 Å². The van der Waals surface area contributed by atoms with Crippen molar-refractivity contribution in [2.24, 2.45) is 0 Å². The van der Waals surface area contributed by atoms with Crippen LogP contribution in [0.15, 0.2) is 67.3 Å². The van der Waals surface area contributed by atoms with Gasteiger partial charge in [0.25, 0.3) is 0 Å². The molecule has 11 heteroatoms. The number of anilines is 1. The molecule has 0 radical (unpaired) electrons. The van der Waals surface area contributed by atoms with Crippen molar-refractivity contribution < 1.29 is 18.6 Å². The number of ether oxygens (including phenoxy) is 2. The van der Waals surface area contributed by atoms with Crippen LogP contribution in [0.3, 0.4) is 0 Å². The fourth-order valence-electron chi connectivity index (χ4n) is 3.73. The van der Waals surface area contributed by atoms with Crippen LogP contribution in [0.5, 0.6) is 5.75 Å². The fraction of sp³-hybridized carbons (Fsp3) is 0.346. The Kier molecular flexibility index (Phi) is 8.89. The average molecular weight is 525 g/mol. The molecule has 2 heterocycles. The second kappa shape index (κ2) is 12.3. The lowest BCUT2D eigenvalue weighted by Crippen LogP contribution is -2.27. The Hall–Kier alpha value is -3.30. The molecule has 2 aromatic heterocycles. The molecule has 4 aromatic rings. The monoisotopic (exact) mass is 524 g/mol. The quantitative estimate of drug-likeness (QED) is 0.199. The molecule has 2 aromatic carbocycles. The molecule has 0 aliphatic heterocycles. The number of hydrogen-bond acceptors (Lipinski definition) is 8. The normalized spacial score (nSPS) is 14.1. The Bertz CT molecular complexity index is 1350. The van der Waals surface area contributed by atoms with Crippen LogP contribution in [0.25, 0.3) is 11.2 Å². The number of nitrogens with zero attached hydrogens (tertiary/aromatic N) is 5. The number of nitrogen functional groups attached to an aromatic ring is 1. The summed E-state index contributed by atoms with van der Waals surface area (Å²) in [7, 11) is -1.63. The fourth-order valence-corrected chi connectivity index (χ4v) is 5.40. The number of aryl methyl sites for hydroxylation is 1. The summed E-state index contributed by atoms with van der Waals surface area (Å²) in [5.41, 5.74) is 9.35. The van der Waals surface area contributed by atoms with Crippen LogP contribution in [0.1, 0.15) is 18.1 Å². The maximum absolute atomic E-state index is 14.0. The van der Waals surface area contributed by atoms with E-state index in [1.807, 2.05) is 47.9 Å². The summed E-state index contributed by atoms with van der Waals surface area (Å²) in [5, 5.41) is 0. The minimum absolute atomic E-state index is 0.0961. The van der Waals surface area contributed by atoms with Gasteiger partial charge in [-0.05, 0) is 44.2 Å². The molecule has 1 unspecified atom stereocenters. The van der Waals surface area contributed by atoms with Crippen LogP contribution in [0, 0.1) is 6.92 Å². The highest BCUT2D eigenvalue weighted by Crippen LogP contribution is 2.50. The lowest BCUT2D eigenvalue weighted by atomic mass is 10.1. The Balaban J connectivity index is 1.38. The first kappa shape index (κ1) is 26.8. The van der Waals surface area contributed by atoms with Gasteiger partial charge in [0.15, 0.2) is 11.5 Å². The summed E-state index contributed by atoms with van der Waals surface area (Å²) in [6.07, 6.45) is 2.65. The molecule has 0 saturated carbocycles. The van der Waals surface area contributed by atoms with Crippen LogP contribution < -0.4 is 10.3 Å². The molecule has 0 aliphatic rings. The number of hydrogen-bond donors (Lipinski definition) is 1. The smallest absolute Gasteiger partial charge is 0.344 e. The lowest BCUT2D eigenvalue weighted by molar-refractivity contribution is 0.0761. The zero-order chi connectivity index (χ0) is 26.3. The molecule has 0 amide bonds. The van der Waals surface area contributed by atoms with Crippen molar-refractivity contribution in [1.29, 1.82) is 0 Å². The number of nitrogens with two attached hydrogens (primary N) is 1. The maximum Gasteiger partial charge on any atom is 0.344 e. The molecule has 0 saturated heterocycles. The van der Waals surface area contributed by atoms with Crippen LogP contribution in [-0.4, -0.2) is 56.8 Å². The Morgan fingerprint density at radius 2 is 1.84 bits per heavy atom. The van der Waals surface area contributed by atoms with E-state index in [9.17, 15) is 4.57 Å². The van der Waals surface area contributed by atoms with E-state index < -0.39 is 7.52 Å². The van der Waals surface area contributed by atoms with E-state index in [0.717, 1.165) is 5.56 Å². The minimum Gasteiger partial charge on any atom is -0.431 e. The largest absolute Gasteiger partial charge is 0.431 e. The van der Waals surface area contributed by atoms with Gasteiger partial charge in [0, 0.05) is 6.54 Å².